The van der Waals surface area contributed by atoms with Crippen molar-refractivity contribution in [3.8, 4) is 6.01 Å². The second-order valence-electron chi connectivity index (χ2n) is 10.8. The van der Waals surface area contributed by atoms with Crippen LogP contribution in [0.15, 0.2) is 35.5 Å². The van der Waals surface area contributed by atoms with Gasteiger partial charge in [0.15, 0.2) is 12.7 Å². The summed E-state index contributed by atoms with van der Waals surface area (Å²) < 4.78 is 32.3. The predicted molar refractivity (Wildman–Crippen MR) is 170 cm³/mol. The van der Waals surface area contributed by atoms with Crippen molar-refractivity contribution in [3.63, 3.8) is 0 Å². The van der Waals surface area contributed by atoms with Gasteiger partial charge in [-0.05, 0) is 12.5 Å². The van der Waals surface area contributed by atoms with Crippen molar-refractivity contribution in [1.82, 2.24) is 9.97 Å². The lowest BCUT2D eigenvalue weighted by Gasteiger charge is -2.17. The summed E-state index contributed by atoms with van der Waals surface area (Å²) in [6.07, 6.45) is 26.7. The van der Waals surface area contributed by atoms with Crippen molar-refractivity contribution in [2.24, 2.45) is 0 Å². The highest BCUT2D eigenvalue weighted by Crippen LogP contribution is 2.14. The van der Waals surface area contributed by atoms with Crippen molar-refractivity contribution in [2.45, 2.75) is 122 Å². The van der Waals surface area contributed by atoms with Gasteiger partial charge in [0, 0.05) is 35.6 Å². The molecule has 0 amide bonds. The molecule has 2 aromatic rings. The van der Waals surface area contributed by atoms with E-state index in [4.69, 9.17) is 14.2 Å². The molecule has 0 N–H and O–H groups in total. The Hall–Kier alpha value is -1.42. The smallest absolute Gasteiger partial charge is 0.316 e. The van der Waals surface area contributed by atoms with Gasteiger partial charge in [0.05, 0.1) is 24.3 Å². The molecule has 2 rings (SSSR count). The zero-order valence-electron chi connectivity index (χ0n) is 25.6. The van der Waals surface area contributed by atoms with Crippen LogP contribution in [0.3, 0.4) is 0 Å². The van der Waals surface area contributed by atoms with Crippen LogP contribution in [0.25, 0.3) is 0 Å². The number of nitrogens with zero attached hydrogens (tertiary/aromatic N) is 3. The highest BCUT2D eigenvalue weighted by molar-refractivity contribution is 7.85. The molecule has 2 atom stereocenters. The first-order chi connectivity index (χ1) is 20.3. The molecule has 0 saturated carbocycles. The van der Waals surface area contributed by atoms with Crippen LogP contribution in [0.1, 0.15) is 110 Å². The predicted octanol–water partition coefficient (Wildman–Crippen LogP) is 7.32. The molecule has 0 bridgehead atoms. The highest BCUT2D eigenvalue weighted by atomic mass is 32.2. The highest BCUT2D eigenvalue weighted by Gasteiger charge is 2.17. The van der Waals surface area contributed by atoms with Crippen molar-refractivity contribution in [3.05, 3.63) is 35.5 Å². The van der Waals surface area contributed by atoms with E-state index in [1.54, 1.807) is 29.8 Å². The molecule has 9 heteroatoms. The van der Waals surface area contributed by atoms with Crippen LogP contribution >= 0.6 is 11.3 Å². The SMILES string of the molecule is CCCCCCCCCCCCCCCCCCOCC(CS(=O)CCOCC[n+]1ccsc1)Oc1ncccn1. The normalized spacial score (nSPS) is 12.9. The molecular formula is C32H56N3O4S2+. The molecule has 0 aliphatic carbocycles. The first kappa shape index (κ1) is 35.8. The lowest BCUT2D eigenvalue weighted by atomic mass is 10.0. The van der Waals surface area contributed by atoms with Crippen molar-refractivity contribution in [1.29, 1.82) is 0 Å². The van der Waals surface area contributed by atoms with Crippen LogP contribution in [-0.2, 0) is 26.8 Å². The van der Waals surface area contributed by atoms with E-state index in [2.05, 4.69) is 27.0 Å². The summed E-state index contributed by atoms with van der Waals surface area (Å²) in [6, 6.07) is 2.05. The largest absolute Gasteiger partial charge is 0.457 e. The molecule has 41 heavy (non-hydrogen) atoms. The van der Waals surface area contributed by atoms with Crippen molar-refractivity contribution < 1.29 is 23.0 Å². The first-order valence-corrected chi connectivity index (χ1v) is 18.6. The van der Waals surface area contributed by atoms with E-state index in [-0.39, 0.29) is 6.10 Å². The summed E-state index contributed by atoms with van der Waals surface area (Å²) in [7, 11) is -1.07. The number of aromatic nitrogens is 3. The molecule has 0 aliphatic rings. The fraction of sp³-hybridized carbons (Fsp3) is 0.781. The molecular weight excluding hydrogens is 555 g/mol. The van der Waals surface area contributed by atoms with Crippen LogP contribution in [0.2, 0.25) is 0 Å². The molecule has 2 unspecified atom stereocenters. The van der Waals surface area contributed by atoms with Gasteiger partial charge in [-0.3, -0.25) is 4.21 Å². The Balaban J connectivity index is 1.46. The number of ether oxygens (including phenoxy) is 3. The average Bonchev–Trinajstić information content (AvgIpc) is 3.50. The van der Waals surface area contributed by atoms with Gasteiger partial charge in [0.25, 0.3) is 0 Å². The van der Waals surface area contributed by atoms with Crippen LogP contribution in [-0.4, -0.2) is 58.2 Å². The van der Waals surface area contributed by atoms with Crippen LogP contribution < -0.4 is 9.30 Å². The van der Waals surface area contributed by atoms with Crippen molar-refractivity contribution in [2.75, 3.05) is 37.9 Å². The Morgan fingerprint density at radius 1 is 0.805 bits per heavy atom. The molecule has 0 aromatic carbocycles. The number of hydrogen-bond donors (Lipinski definition) is 0. The lowest BCUT2D eigenvalue weighted by Crippen LogP contribution is -2.33. The summed E-state index contributed by atoms with van der Waals surface area (Å²) in [6.45, 7) is 5.25. The molecule has 0 aliphatic heterocycles. The Morgan fingerprint density at radius 3 is 2.00 bits per heavy atom. The van der Waals surface area contributed by atoms with Crippen LogP contribution in [0, 0.1) is 0 Å². The Labute approximate surface area is 256 Å². The van der Waals surface area contributed by atoms with Gasteiger partial charge < -0.3 is 14.2 Å². The second-order valence-corrected chi connectivity index (χ2v) is 13.2. The maximum atomic E-state index is 12.7. The maximum Gasteiger partial charge on any atom is 0.316 e. The molecule has 0 fully saturated rings. The quantitative estimate of drug-likeness (QED) is 0.0710. The summed E-state index contributed by atoms with van der Waals surface area (Å²) in [5.74, 6) is 0.850. The van der Waals surface area contributed by atoms with E-state index in [1.807, 2.05) is 11.6 Å². The van der Waals surface area contributed by atoms with Gasteiger partial charge in [-0.2, -0.15) is 4.57 Å². The van der Waals surface area contributed by atoms with E-state index < -0.39 is 10.8 Å². The topological polar surface area (TPSA) is 74.4 Å². The van der Waals surface area contributed by atoms with Gasteiger partial charge in [-0.25, -0.2) is 9.97 Å². The number of rotatable bonds is 29. The zero-order valence-corrected chi connectivity index (χ0v) is 27.2. The summed E-state index contributed by atoms with van der Waals surface area (Å²) in [5, 5.41) is 2.04. The van der Waals surface area contributed by atoms with Crippen LogP contribution in [0.5, 0.6) is 6.01 Å². The second kappa shape index (κ2) is 26.2. The number of hydrogen-bond acceptors (Lipinski definition) is 7. The third kappa shape index (κ3) is 21.0. The van der Waals surface area contributed by atoms with E-state index in [1.165, 1.54) is 96.3 Å². The average molecular weight is 611 g/mol. The maximum absolute atomic E-state index is 12.7. The number of thiazole rings is 1. The Morgan fingerprint density at radius 2 is 1.41 bits per heavy atom. The fourth-order valence-electron chi connectivity index (χ4n) is 4.68. The molecule has 2 aromatic heterocycles. The third-order valence-electron chi connectivity index (χ3n) is 7.11. The third-order valence-corrected chi connectivity index (χ3v) is 9.15. The van der Waals surface area contributed by atoms with E-state index in [9.17, 15) is 4.21 Å². The summed E-state index contributed by atoms with van der Waals surface area (Å²) in [4.78, 5) is 8.31. The Bertz CT molecular complexity index is 843. The first-order valence-electron chi connectivity index (χ1n) is 16.1. The molecule has 0 saturated heterocycles. The van der Waals surface area contributed by atoms with Gasteiger partial charge in [0.2, 0.25) is 5.51 Å². The fourth-order valence-corrected chi connectivity index (χ4v) is 6.36. The minimum atomic E-state index is -1.07. The monoisotopic (exact) mass is 610 g/mol. The summed E-state index contributed by atoms with van der Waals surface area (Å²) in [5.41, 5.74) is 2.05. The molecule has 0 spiro atoms. The molecule has 234 valence electrons. The van der Waals surface area contributed by atoms with E-state index in [0.29, 0.717) is 43.9 Å². The minimum absolute atomic E-state index is 0.296. The molecule has 0 radical (unpaired) electrons. The van der Waals surface area contributed by atoms with E-state index >= 15 is 0 Å². The molecule has 2 heterocycles. The standard InChI is InChI=1S/C32H56N3O4S2/c1-2-3-4-5-6-7-8-9-10-11-12-13-14-15-16-17-23-38-28-31(39-32-33-19-18-20-34-32)29-41(36)27-25-37-24-21-35-22-26-40-30-35/h18-20,22,26,30-31H,2-17,21,23-25,27-29H2,1H3/q+1. The van der Waals surface area contributed by atoms with Gasteiger partial charge in [-0.1, -0.05) is 115 Å². The van der Waals surface area contributed by atoms with Crippen molar-refractivity contribution >= 4 is 22.1 Å². The minimum Gasteiger partial charge on any atom is -0.457 e. The van der Waals surface area contributed by atoms with Crippen LogP contribution in [0.4, 0.5) is 0 Å². The summed E-state index contributed by atoms with van der Waals surface area (Å²) >= 11 is 1.66. The zero-order chi connectivity index (χ0) is 29.1. The van der Waals surface area contributed by atoms with Gasteiger partial charge >= 0.3 is 6.01 Å². The Kier molecular flexibility index (Phi) is 22.9. The number of unbranched alkanes of at least 4 members (excludes halogenated alkanes) is 15. The molecule has 7 nitrogen and oxygen atoms in total. The van der Waals surface area contributed by atoms with Gasteiger partial charge in [-0.15, -0.1) is 0 Å². The van der Waals surface area contributed by atoms with Gasteiger partial charge in [0.1, 0.15) is 12.7 Å². The lowest BCUT2D eigenvalue weighted by molar-refractivity contribution is -0.693. The van der Waals surface area contributed by atoms with E-state index in [0.717, 1.165) is 13.0 Å².